The van der Waals surface area contributed by atoms with Crippen LogP contribution in [-0.2, 0) is 4.57 Å². The molecule has 12 N–H and O–H groups in total. The minimum Gasteiger partial charge on any atom is -0.780 e. The van der Waals surface area contributed by atoms with Crippen LogP contribution in [0.5, 0.6) is 5.75 Å². The molecule has 22 heavy (non-hydrogen) atoms. The molecule has 0 saturated carbocycles. The number of benzene rings is 1. The maximum atomic E-state index is 10.2. The molecule has 16 heteroatoms. The van der Waals surface area contributed by atoms with Gasteiger partial charge in [-0.3, -0.25) is 10.1 Å². The van der Waals surface area contributed by atoms with Crippen LogP contribution >= 0.6 is 7.82 Å². The summed E-state index contributed by atoms with van der Waals surface area (Å²) in [6, 6.07) is 4.12. The number of phosphoric ester groups is 1. The van der Waals surface area contributed by atoms with E-state index in [1.54, 1.807) is 0 Å². The zero-order valence-electron chi connectivity index (χ0n) is 11.7. The van der Waals surface area contributed by atoms with Crippen molar-refractivity contribution in [2.75, 3.05) is 0 Å². The van der Waals surface area contributed by atoms with Crippen LogP contribution in [0.2, 0.25) is 0 Å². The Labute approximate surface area is 168 Å². The van der Waals surface area contributed by atoms with Crippen LogP contribution in [-0.4, -0.2) is 37.8 Å². The number of non-ortho nitro benzene ring substituents is 1. The van der Waals surface area contributed by atoms with E-state index in [2.05, 4.69) is 4.52 Å². The van der Waals surface area contributed by atoms with Gasteiger partial charge < -0.3 is 51.7 Å². The molecule has 124 valence electrons. The van der Waals surface area contributed by atoms with Crippen LogP contribution in [0.4, 0.5) is 5.69 Å². The minimum atomic E-state index is -5.10. The van der Waals surface area contributed by atoms with E-state index in [4.69, 9.17) is 0 Å². The molecule has 0 atom stereocenters. The van der Waals surface area contributed by atoms with Gasteiger partial charge in [0.15, 0.2) is 0 Å². The number of rotatable bonds is 3. The monoisotopic (exact) mass is 371 g/mol. The predicted octanol–water partition coefficient (Wildman–Crippen LogP) is -11.1. The molecule has 0 spiro atoms. The van der Waals surface area contributed by atoms with Crippen LogP contribution in [0.3, 0.4) is 0 Å². The molecule has 0 unspecified atom stereocenters. The number of phosphoric acid groups is 1. The zero-order chi connectivity index (χ0) is 10.8. The van der Waals surface area contributed by atoms with Gasteiger partial charge >= 0.3 is 59.1 Å². The van der Waals surface area contributed by atoms with Gasteiger partial charge in [-0.25, -0.2) is 0 Å². The topological polar surface area (TPSA) is 305 Å². The molecule has 0 saturated heterocycles. The number of nitrogens with zero attached hydrogens (tertiary/aromatic N) is 1. The summed E-state index contributed by atoms with van der Waals surface area (Å²) < 4.78 is 14.1. The van der Waals surface area contributed by atoms with Crippen LogP contribution in [0.1, 0.15) is 0 Å². The molecule has 0 heterocycles. The quantitative estimate of drug-likeness (QED) is 0.214. The molecule has 13 nitrogen and oxygen atoms in total. The van der Waals surface area contributed by atoms with Crippen molar-refractivity contribution in [1.29, 1.82) is 0 Å². The molecule has 0 bridgehead atoms. The first-order chi connectivity index (χ1) is 6.38. The SMILES string of the molecule is O.O.O.O.O.O.O=[N+]([O-])c1ccc(OP(=O)([O-])[O-])cc1.[Na+].[Na+]. The van der Waals surface area contributed by atoms with Gasteiger partial charge in [0.05, 0.1) is 4.92 Å². The number of hydrogen-bond donors (Lipinski definition) is 0. The molecule has 0 aliphatic heterocycles. The molecular formula is C6H16NNa2O12P. The summed E-state index contributed by atoms with van der Waals surface area (Å²) in [5, 5.41) is 10.2. The van der Waals surface area contributed by atoms with Crippen molar-refractivity contribution in [2.45, 2.75) is 0 Å². The smallest absolute Gasteiger partial charge is 0.780 e. The summed E-state index contributed by atoms with van der Waals surface area (Å²) in [5.41, 5.74) is -0.219. The summed E-state index contributed by atoms with van der Waals surface area (Å²) >= 11 is 0. The Morgan fingerprint density at radius 2 is 1.18 bits per heavy atom. The first-order valence-corrected chi connectivity index (χ1v) is 4.81. The third kappa shape index (κ3) is 20.3. The van der Waals surface area contributed by atoms with Gasteiger partial charge in [-0.15, -0.1) is 0 Å². The Hall–Kier alpha value is 0.330. The van der Waals surface area contributed by atoms with E-state index in [0.717, 1.165) is 24.3 Å². The molecule has 0 amide bonds. The average molecular weight is 371 g/mol. The molecular weight excluding hydrogens is 355 g/mol. The van der Waals surface area contributed by atoms with Gasteiger partial charge in [-0.1, -0.05) is 0 Å². The summed E-state index contributed by atoms with van der Waals surface area (Å²) in [6.07, 6.45) is 0. The molecule has 1 aromatic rings. The van der Waals surface area contributed by atoms with Crippen molar-refractivity contribution in [3.05, 3.63) is 34.4 Å². The summed E-state index contributed by atoms with van der Waals surface area (Å²) in [5.74, 6) is -0.246. The fourth-order valence-corrected chi connectivity index (χ4v) is 1.14. The fourth-order valence-electron chi connectivity index (χ4n) is 0.758. The summed E-state index contributed by atoms with van der Waals surface area (Å²) in [7, 11) is -5.10. The second-order valence-corrected chi connectivity index (χ2v) is 3.37. The second kappa shape index (κ2) is 21.3. The van der Waals surface area contributed by atoms with Crippen molar-refractivity contribution in [3.63, 3.8) is 0 Å². The molecule has 0 aliphatic rings. The van der Waals surface area contributed by atoms with E-state index >= 15 is 0 Å². The Kier molecular flexibility index (Phi) is 48.0. The third-order valence-corrected chi connectivity index (χ3v) is 1.70. The van der Waals surface area contributed by atoms with Gasteiger partial charge in [-0.2, -0.15) is 0 Å². The van der Waals surface area contributed by atoms with E-state index in [1.165, 1.54) is 0 Å². The number of nitro groups is 1. The van der Waals surface area contributed by atoms with Crippen molar-refractivity contribution < 1.29 is 116 Å². The predicted molar refractivity (Wildman–Crippen MR) is 63.0 cm³/mol. The Bertz CT molecular complexity index is 397. The molecule has 1 rings (SSSR count). The minimum absolute atomic E-state index is 0. The number of nitro benzene ring substituents is 1. The normalized spacial score (nSPS) is 7.00. The molecule has 0 aliphatic carbocycles. The maximum absolute atomic E-state index is 10.2. The third-order valence-electron chi connectivity index (χ3n) is 1.26. The van der Waals surface area contributed by atoms with E-state index in [0.29, 0.717) is 0 Å². The van der Waals surface area contributed by atoms with Gasteiger partial charge in [0, 0.05) is 12.1 Å². The summed E-state index contributed by atoms with van der Waals surface area (Å²) in [6.45, 7) is 0. The maximum Gasteiger partial charge on any atom is 1.00 e. The van der Waals surface area contributed by atoms with Crippen LogP contribution < -0.4 is 73.4 Å². The number of hydrogen-bond acceptors (Lipinski definition) is 6. The van der Waals surface area contributed by atoms with Gasteiger partial charge in [0.2, 0.25) is 0 Å². The summed E-state index contributed by atoms with van der Waals surface area (Å²) in [4.78, 5) is 29.8. The van der Waals surface area contributed by atoms with Crippen LogP contribution in [0.15, 0.2) is 24.3 Å². The Balaban J connectivity index is -0.0000000408. The van der Waals surface area contributed by atoms with Crippen LogP contribution in [0.25, 0.3) is 0 Å². The molecule has 0 fully saturated rings. The molecule has 0 radical (unpaired) electrons. The standard InChI is InChI=1S/C6H6NO6P.2Na.6H2O/c8-7(9)5-1-3-6(4-2-5)13-14(10,11)12;;;;;;;;/h1-4H,(H2,10,11,12);;;6*1H2/q;2*+1;;;;;;/p-2. The fraction of sp³-hybridized carbons (Fsp3) is 0. The van der Waals surface area contributed by atoms with E-state index < -0.39 is 12.7 Å². The average Bonchev–Trinajstić information content (AvgIpc) is 2.02. The zero-order valence-corrected chi connectivity index (χ0v) is 16.5. The Morgan fingerprint density at radius 3 is 1.41 bits per heavy atom. The first-order valence-electron chi connectivity index (χ1n) is 3.34. The largest absolute Gasteiger partial charge is 1.00 e. The molecule has 0 aromatic heterocycles. The van der Waals surface area contributed by atoms with E-state index in [9.17, 15) is 24.5 Å². The van der Waals surface area contributed by atoms with Crippen molar-refractivity contribution in [2.24, 2.45) is 0 Å². The van der Waals surface area contributed by atoms with Crippen molar-refractivity contribution in [3.8, 4) is 5.75 Å². The van der Waals surface area contributed by atoms with Gasteiger partial charge in [0.1, 0.15) is 13.6 Å². The van der Waals surface area contributed by atoms with Crippen molar-refractivity contribution >= 4 is 13.5 Å². The first kappa shape index (κ1) is 49.5. The van der Waals surface area contributed by atoms with Crippen molar-refractivity contribution in [1.82, 2.24) is 0 Å². The van der Waals surface area contributed by atoms with Crippen LogP contribution in [0, 0.1) is 10.1 Å². The van der Waals surface area contributed by atoms with Gasteiger partial charge in [-0.05, 0) is 12.1 Å². The van der Waals surface area contributed by atoms with E-state index in [1.807, 2.05) is 0 Å². The van der Waals surface area contributed by atoms with E-state index in [-0.39, 0.29) is 103 Å². The molecule has 1 aromatic carbocycles. The second-order valence-electron chi connectivity index (χ2n) is 2.29. The van der Waals surface area contributed by atoms with Gasteiger partial charge in [0.25, 0.3) is 5.69 Å². The Morgan fingerprint density at radius 1 is 0.864 bits per heavy atom.